The van der Waals surface area contributed by atoms with Gasteiger partial charge in [-0.1, -0.05) is 74.5 Å². The van der Waals surface area contributed by atoms with Crippen LogP contribution in [0.25, 0.3) is 0 Å². The molecular weight excluding hydrogens is 566 g/mol. The van der Waals surface area contributed by atoms with E-state index in [0.29, 0.717) is 23.6 Å². The van der Waals surface area contributed by atoms with Gasteiger partial charge in [0.2, 0.25) is 5.91 Å². The van der Waals surface area contributed by atoms with Crippen molar-refractivity contribution in [2.24, 2.45) is 5.92 Å². The molecule has 0 spiro atoms. The van der Waals surface area contributed by atoms with Gasteiger partial charge in [0.25, 0.3) is 5.91 Å². The van der Waals surface area contributed by atoms with Gasteiger partial charge in [0.05, 0.1) is 0 Å². The first-order valence-corrected chi connectivity index (χ1v) is 15.7. The fourth-order valence-corrected chi connectivity index (χ4v) is 5.29. The maximum atomic E-state index is 14.8. The van der Waals surface area contributed by atoms with Gasteiger partial charge in [-0.15, -0.1) is 0 Å². The predicted octanol–water partition coefficient (Wildman–Crippen LogP) is 7.48. The van der Waals surface area contributed by atoms with E-state index < -0.39 is 29.7 Å². The third-order valence-electron chi connectivity index (χ3n) is 7.63. The van der Waals surface area contributed by atoms with Gasteiger partial charge in [-0.2, -0.15) is 0 Å². The van der Waals surface area contributed by atoms with E-state index >= 15 is 0 Å². The molecule has 0 fully saturated rings. The van der Waals surface area contributed by atoms with E-state index in [1.165, 1.54) is 12.1 Å². The van der Waals surface area contributed by atoms with Gasteiger partial charge in [-0.05, 0) is 94.7 Å². The first kappa shape index (κ1) is 35.2. The summed E-state index contributed by atoms with van der Waals surface area (Å²) in [5, 5.41) is 15.8. The number of alkyl carbamates (subject to hydrolysis) is 1. The quantitative estimate of drug-likeness (QED) is 0.196. The maximum absolute atomic E-state index is 14.8. The molecule has 8 nitrogen and oxygen atoms in total. The van der Waals surface area contributed by atoms with E-state index in [4.69, 9.17) is 4.74 Å². The standard InChI is InChI=1S/C37H49N3O5/c1-24(2)17-18-27(5)40(33(29-15-10-9-11-16-29)34(42)39-32-25(3)13-12-14-26(32)4)35(43)31(38-36(44)45-37(6,7)8)23-28-19-21-30(41)22-20-28/h9-16,19-22,24,27,31,33,41H,17-18,23H2,1-8H3,(H,38,44)(H,39,42). The van der Waals surface area contributed by atoms with Gasteiger partial charge in [0.1, 0.15) is 23.4 Å². The van der Waals surface area contributed by atoms with Crippen molar-refractivity contribution in [2.45, 2.75) is 98.4 Å². The maximum Gasteiger partial charge on any atom is 0.408 e. The Labute approximate surface area is 268 Å². The summed E-state index contributed by atoms with van der Waals surface area (Å²) in [6, 6.07) is 19.2. The average Bonchev–Trinajstić information content (AvgIpc) is 2.96. The summed E-state index contributed by atoms with van der Waals surface area (Å²) >= 11 is 0. The molecule has 3 N–H and O–H groups in total. The van der Waals surface area contributed by atoms with Gasteiger partial charge in [-0.3, -0.25) is 9.59 Å². The number of anilines is 1. The van der Waals surface area contributed by atoms with E-state index in [0.717, 1.165) is 23.1 Å². The number of carbonyl (C=O) groups is 3. The summed E-state index contributed by atoms with van der Waals surface area (Å²) < 4.78 is 5.55. The van der Waals surface area contributed by atoms with Crippen LogP contribution in [0, 0.1) is 19.8 Å². The Bertz CT molecular complexity index is 1410. The number of amides is 3. The SMILES string of the molecule is Cc1cccc(C)c1NC(=O)C(c1ccccc1)N(C(=O)C(Cc1ccc(O)cc1)NC(=O)OC(C)(C)C)C(C)CCC(C)C. The summed E-state index contributed by atoms with van der Waals surface area (Å²) in [7, 11) is 0. The lowest BCUT2D eigenvalue weighted by molar-refractivity contribution is -0.143. The molecule has 0 aliphatic heterocycles. The van der Waals surface area contributed by atoms with Crippen LogP contribution in [0.2, 0.25) is 0 Å². The van der Waals surface area contributed by atoms with E-state index in [2.05, 4.69) is 24.5 Å². The fourth-order valence-electron chi connectivity index (χ4n) is 5.29. The second-order valence-electron chi connectivity index (χ2n) is 13.2. The lowest BCUT2D eigenvalue weighted by Gasteiger charge is -2.39. The number of aromatic hydroxyl groups is 1. The zero-order valence-electron chi connectivity index (χ0n) is 27.9. The third kappa shape index (κ3) is 10.4. The highest BCUT2D eigenvalue weighted by atomic mass is 16.6. The number of aryl methyl sites for hydroxylation is 2. The topological polar surface area (TPSA) is 108 Å². The Morgan fingerprint density at radius 2 is 1.44 bits per heavy atom. The molecule has 3 rings (SSSR count). The number of carbonyl (C=O) groups excluding carboxylic acids is 3. The first-order valence-electron chi connectivity index (χ1n) is 15.7. The van der Waals surface area contributed by atoms with Crippen molar-refractivity contribution in [3.8, 4) is 5.75 Å². The molecule has 45 heavy (non-hydrogen) atoms. The number of nitrogens with one attached hydrogen (secondary N) is 2. The molecule has 0 aliphatic carbocycles. The molecule has 3 amide bonds. The number of nitrogens with zero attached hydrogens (tertiary/aromatic N) is 1. The minimum Gasteiger partial charge on any atom is -0.508 e. The number of phenolic OH excluding ortho intramolecular Hbond substituents is 1. The Kier molecular flexibility index (Phi) is 12.2. The van der Waals surface area contributed by atoms with Gasteiger partial charge < -0.3 is 25.4 Å². The minimum absolute atomic E-state index is 0.0953. The van der Waals surface area contributed by atoms with Crippen LogP contribution < -0.4 is 10.6 Å². The molecule has 3 unspecified atom stereocenters. The number of para-hydroxylation sites is 1. The van der Waals surface area contributed by atoms with Crippen molar-refractivity contribution in [1.82, 2.24) is 10.2 Å². The summed E-state index contributed by atoms with van der Waals surface area (Å²) in [6.45, 7) is 15.3. The zero-order chi connectivity index (χ0) is 33.3. The molecule has 0 saturated heterocycles. The molecule has 8 heteroatoms. The van der Waals surface area contributed by atoms with Gasteiger partial charge >= 0.3 is 6.09 Å². The summed E-state index contributed by atoms with van der Waals surface area (Å²) in [5.41, 5.74) is 3.15. The number of benzene rings is 3. The molecule has 0 heterocycles. The molecule has 3 atom stereocenters. The van der Waals surface area contributed by atoms with Gasteiger partial charge in [0.15, 0.2) is 0 Å². The van der Waals surface area contributed by atoms with Crippen LogP contribution in [0.5, 0.6) is 5.75 Å². The Balaban J connectivity index is 2.13. The number of hydrogen-bond acceptors (Lipinski definition) is 5. The highest BCUT2D eigenvalue weighted by Crippen LogP contribution is 2.30. The monoisotopic (exact) mass is 615 g/mol. The summed E-state index contributed by atoms with van der Waals surface area (Å²) in [6.07, 6.45) is 0.895. The smallest absolute Gasteiger partial charge is 0.408 e. The Morgan fingerprint density at radius 1 is 0.844 bits per heavy atom. The second kappa shape index (κ2) is 15.6. The number of ether oxygens (including phenoxy) is 1. The number of phenols is 1. The second-order valence-corrected chi connectivity index (χ2v) is 13.2. The first-order chi connectivity index (χ1) is 21.2. The molecule has 0 bridgehead atoms. The van der Waals surface area contributed by atoms with Crippen molar-refractivity contribution in [2.75, 3.05) is 5.32 Å². The highest BCUT2D eigenvalue weighted by Gasteiger charge is 2.39. The van der Waals surface area contributed by atoms with Gasteiger partial charge in [-0.25, -0.2) is 4.79 Å². The van der Waals surface area contributed by atoms with E-state index in [1.807, 2.05) is 69.3 Å². The minimum atomic E-state index is -1.05. The van der Waals surface area contributed by atoms with Crippen molar-refractivity contribution in [1.29, 1.82) is 0 Å². The zero-order valence-corrected chi connectivity index (χ0v) is 27.9. The van der Waals surface area contributed by atoms with Crippen molar-refractivity contribution in [3.63, 3.8) is 0 Å². The van der Waals surface area contributed by atoms with Crippen LogP contribution in [0.15, 0.2) is 72.8 Å². The predicted molar refractivity (Wildman–Crippen MR) is 179 cm³/mol. The molecule has 0 aromatic heterocycles. The lowest BCUT2D eigenvalue weighted by Crippen LogP contribution is -2.55. The largest absolute Gasteiger partial charge is 0.508 e. The molecular formula is C37H49N3O5. The van der Waals surface area contributed by atoms with Crippen LogP contribution in [0.1, 0.15) is 82.7 Å². The molecule has 242 valence electrons. The third-order valence-corrected chi connectivity index (χ3v) is 7.63. The van der Waals surface area contributed by atoms with Crippen LogP contribution >= 0.6 is 0 Å². The van der Waals surface area contributed by atoms with Gasteiger partial charge in [0, 0.05) is 18.2 Å². The van der Waals surface area contributed by atoms with Crippen molar-refractivity contribution >= 4 is 23.6 Å². The summed E-state index contributed by atoms with van der Waals surface area (Å²) in [5.74, 6) is -0.270. The van der Waals surface area contributed by atoms with Crippen LogP contribution in [0.4, 0.5) is 10.5 Å². The summed E-state index contributed by atoms with van der Waals surface area (Å²) in [4.78, 5) is 43.9. The lowest BCUT2D eigenvalue weighted by atomic mass is 9.95. The molecule has 0 saturated carbocycles. The highest BCUT2D eigenvalue weighted by molar-refractivity contribution is 6.00. The molecule has 3 aromatic carbocycles. The molecule has 0 aliphatic rings. The van der Waals surface area contributed by atoms with Crippen LogP contribution in [-0.2, 0) is 20.7 Å². The molecule has 3 aromatic rings. The van der Waals surface area contributed by atoms with Crippen LogP contribution in [-0.4, -0.2) is 45.6 Å². The van der Waals surface area contributed by atoms with E-state index in [1.54, 1.807) is 37.8 Å². The van der Waals surface area contributed by atoms with Crippen molar-refractivity contribution in [3.05, 3.63) is 95.1 Å². The molecule has 0 radical (unpaired) electrons. The van der Waals surface area contributed by atoms with Crippen LogP contribution in [0.3, 0.4) is 0 Å². The Morgan fingerprint density at radius 3 is 2.00 bits per heavy atom. The fraction of sp³-hybridized carbons (Fsp3) is 0.432. The van der Waals surface area contributed by atoms with E-state index in [9.17, 15) is 19.5 Å². The van der Waals surface area contributed by atoms with Crippen molar-refractivity contribution < 1.29 is 24.2 Å². The normalized spacial score (nSPS) is 13.4. The average molecular weight is 616 g/mol. The number of hydrogen-bond donors (Lipinski definition) is 3. The number of rotatable bonds is 12. The Hall–Kier alpha value is -4.33. The van der Waals surface area contributed by atoms with E-state index in [-0.39, 0.29) is 24.1 Å².